The SMILES string of the molecule is CCC1CCCCN1C(=O)c1cccc(C(=O)Nc2cccc3cccnc23)c1. The molecule has 1 saturated heterocycles. The molecule has 1 aliphatic heterocycles. The quantitative estimate of drug-likeness (QED) is 0.693. The Bertz CT molecular complexity index is 1040. The van der Waals surface area contributed by atoms with Crippen molar-refractivity contribution in [2.24, 2.45) is 0 Å². The van der Waals surface area contributed by atoms with E-state index in [-0.39, 0.29) is 17.9 Å². The molecule has 2 aromatic carbocycles. The number of amides is 2. The van der Waals surface area contributed by atoms with Gasteiger partial charge in [0.25, 0.3) is 11.8 Å². The van der Waals surface area contributed by atoms with Gasteiger partial charge in [0.1, 0.15) is 0 Å². The van der Waals surface area contributed by atoms with Gasteiger partial charge in [-0.05, 0) is 56.0 Å². The summed E-state index contributed by atoms with van der Waals surface area (Å²) in [5, 5.41) is 3.90. The molecule has 1 fully saturated rings. The summed E-state index contributed by atoms with van der Waals surface area (Å²) >= 11 is 0. The fourth-order valence-corrected chi connectivity index (χ4v) is 4.05. The number of nitrogens with zero attached hydrogens (tertiary/aromatic N) is 2. The van der Waals surface area contributed by atoms with Gasteiger partial charge in [0.05, 0.1) is 11.2 Å². The average molecular weight is 387 g/mol. The molecule has 3 aromatic rings. The lowest BCUT2D eigenvalue weighted by molar-refractivity contribution is 0.0608. The zero-order chi connectivity index (χ0) is 20.2. The van der Waals surface area contributed by atoms with E-state index in [1.54, 1.807) is 30.5 Å². The second-order valence-corrected chi connectivity index (χ2v) is 7.47. The van der Waals surface area contributed by atoms with Crippen LogP contribution in [0.25, 0.3) is 10.9 Å². The van der Waals surface area contributed by atoms with Crippen LogP contribution in [0.4, 0.5) is 5.69 Å². The number of fused-ring (bicyclic) bond motifs is 1. The van der Waals surface area contributed by atoms with Gasteiger partial charge in [0.2, 0.25) is 0 Å². The Balaban J connectivity index is 1.56. The van der Waals surface area contributed by atoms with Crippen molar-refractivity contribution in [1.29, 1.82) is 0 Å². The number of anilines is 1. The minimum absolute atomic E-state index is 0.0121. The third kappa shape index (κ3) is 3.99. The molecule has 29 heavy (non-hydrogen) atoms. The number of carbonyl (C=O) groups excluding carboxylic acids is 2. The summed E-state index contributed by atoms with van der Waals surface area (Å²) in [5.41, 5.74) is 2.43. The largest absolute Gasteiger partial charge is 0.336 e. The number of hydrogen-bond donors (Lipinski definition) is 1. The molecular formula is C24H25N3O2. The predicted molar refractivity (Wildman–Crippen MR) is 115 cm³/mol. The Hall–Kier alpha value is -3.21. The van der Waals surface area contributed by atoms with E-state index in [1.165, 1.54) is 6.42 Å². The molecule has 0 saturated carbocycles. The number of carbonyl (C=O) groups is 2. The summed E-state index contributed by atoms with van der Waals surface area (Å²) in [6, 6.07) is 16.8. The van der Waals surface area contributed by atoms with Gasteiger partial charge >= 0.3 is 0 Å². The fraction of sp³-hybridized carbons (Fsp3) is 0.292. The molecule has 5 nitrogen and oxygen atoms in total. The van der Waals surface area contributed by atoms with Crippen molar-refractivity contribution in [2.75, 3.05) is 11.9 Å². The average Bonchev–Trinajstić information content (AvgIpc) is 2.79. The molecule has 1 unspecified atom stereocenters. The van der Waals surface area contributed by atoms with Crippen molar-refractivity contribution in [3.8, 4) is 0 Å². The number of nitrogens with one attached hydrogen (secondary N) is 1. The van der Waals surface area contributed by atoms with Crippen LogP contribution in [0.3, 0.4) is 0 Å². The Kier molecular flexibility index (Phi) is 5.56. The van der Waals surface area contributed by atoms with E-state index in [0.717, 1.165) is 36.7 Å². The van der Waals surface area contributed by atoms with Crippen LogP contribution >= 0.6 is 0 Å². The summed E-state index contributed by atoms with van der Waals surface area (Å²) in [7, 11) is 0. The van der Waals surface area contributed by atoms with E-state index in [4.69, 9.17) is 0 Å². The Morgan fingerprint density at radius 2 is 1.86 bits per heavy atom. The number of aromatic nitrogens is 1. The number of hydrogen-bond acceptors (Lipinski definition) is 3. The van der Waals surface area contributed by atoms with Crippen LogP contribution in [0.5, 0.6) is 0 Å². The van der Waals surface area contributed by atoms with E-state index in [2.05, 4.69) is 17.2 Å². The highest BCUT2D eigenvalue weighted by Gasteiger charge is 2.26. The van der Waals surface area contributed by atoms with Crippen LogP contribution < -0.4 is 5.32 Å². The molecule has 1 aliphatic rings. The predicted octanol–water partition coefficient (Wildman–Crippen LogP) is 4.89. The van der Waals surface area contributed by atoms with Gasteiger partial charge in [-0.3, -0.25) is 14.6 Å². The highest BCUT2D eigenvalue weighted by Crippen LogP contribution is 2.23. The zero-order valence-electron chi connectivity index (χ0n) is 16.6. The molecule has 4 rings (SSSR count). The molecule has 0 bridgehead atoms. The van der Waals surface area contributed by atoms with Gasteiger partial charge in [0.15, 0.2) is 0 Å². The van der Waals surface area contributed by atoms with E-state index in [1.807, 2.05) is 35.2 Å². The van der Waals surface area contributed by atoms with Crippen LogP contribution in [0.15, 0.2) is 60.8 Å². The van der Waals surface area contributed by atoms with Gasteiger partial charge < -0.3 is 10.2 Å². The molecule has 1 atom stereocenters. The first-order chi connectivity index (χ1) is 14.2. The highest BCUT2D eigenvalue weighted by molar-refractivity contribution is 6.09. The van der Waals surface area contributed by atoms with Crippen LogP contribution in [-0.2, 0) is 0 Å². The maximum Gasteiger partial charge on any atom is 0.255 e. The molecule has 0 aliphatic carbocycles. The molecule has 1 N–H and O–H groups in total. The third-order valence-corrected chi connectivity index (χ3v) is 5.61. The van der Waals surface area contributed by atoms with Crippen molar-refractivity contribution < 1.29 is 9.59 Å². The van der Waals surface area contributed by atoms with Crippen LogP contribution in [0.2, 0.25) is 0 Å². The molecule has 148 valence electrons. The number of benzene rings is 2. The summed E-state index contributed by atoms with van der Waals surface area (Å²) < 4.78 is 0. The van der Waals surface area contributed by atoms with Crippen LogP contribution in [0.1, 0.15) is 53.3 Å². The van der Waals surface area contributed by atoms with Crippen LogP contribution in [0, 0.1) is 0 Å². The number of piperidine rings is 1. The lowest BCUT2D eigenvalue weighted by Crippen LogP contribution is -2.43. The molecule has 2 amide bonds. The number of likely N-dealkylation sites (tertiary alicyclic amines) is 1. The number of rotatable bonds is 4. The molecule has 2 heterocycles. The first-order valence-electron chi connectivity index (χ1n) is 10.2. The van der Waals surface area contributed by atoms with E-state index < -0.39 is 0 Å². The Morgan fingerprint density at radius 3 is 2.72 bits per heavy atom. The minimum Gasteiger partial charge on any atom is -0.336 e. The van der Waals surface area contributed by atoms with E-state index in [9.17, 15) is 9.59 Å². The van der Waals surface area contributed by atoms with Gasteiger partial charge in [0, 0.05) is 35.3 Å². The molecule has 1 aromatic heterocycles. The van der Waals surface area contributed by atoms with Gasteiger partial charge in [-0.25, -0.2) is 0 Å². The van der Waals surface area contributed by atoms with Crippen molar-refractivity contribution in [3.05, 3.63) is 71.9 Å². The molecule has 5 heteroatoms. The topological polar surface area (TPSA) is 62.3 Å². The Labute approximate surface area is 170 Å². The van der Waals surface area contributed by atoms with E-state index >= 15 is 0 Å². The van der Waals surface area contributed by atoms with Crippen LogP contribution in [-0.4, -0.2) is 34.3 Å². The zero-order valence-corrected chi connectivity index (χ0v) is 16.6. The summed E-state index contributed by atoms with van der Waals surface area (Å²) in [6.07, 6.45) is 5.93. The van der Waals surface area contributed by atoms with E-state index in [0.29, 0.717) is 16.8 Å². The number of para-hydroxylation sites is 1. The fourth-order valence-electron chi connectivity index (χ4n) is 4.05. The lowest BCUT2D eigenvalue weighted by atomic mass is 9.98. The minimum atomic E-state index is -0.247. The van der Waals surface area contributed by atoms with Gasteiger partial charge in [-0.15, -0.1) is 0 Å². The highest BCUT2D eigenvalue weighted by atomic mass is 16.2. The van der Waals surface area contributed by atoms with Crippen molar-refractivity contribution >= 4 is 28.4 Å². The van der Waals surface area contributed by atoms with Crippen molar-refractivity contribution in [1.82, 2.24) is 9.88 Å². The summed E-state index contributed by atoms with van der Waals surface area (Å²) in [6.45, 7) is 2.91. The molecule has 0 spiro atoms. The van der Waals surface area contributed by atoms with Crippen molar-refractivity contribution in [3.63, 3.8) is 0 Å². The van der Waals surface area contributed by atoms with Gasteiger partial charge in [-0.2, -0.15) is 0 Å². The maximum absolute atomic E-state index is 13.1. The first kappa shape index (κ1) is 19.1. The second kappa shape index (κ2) is 8.43. The smallest absolute Gasteiger partial charge is 0.255 e. The number of pyridine rings is 1. The summed E-state index contributed by atoms with van der Waals surface area (Å²) in [5.74, 6) is -0.235. The third-order valence-electron chi connectivity index (χ3n) is 5.61. The molecular weight excluding hydrogens is 362 g/mol. The monoisotopic (exact) mass is 387 g/mol. The molecule has 0 radical (unpaired) electrons. The Morgan fingerprint density at radius 1 is 1.07 bits per heavy atom. The van der Waals surface area contributed by atoms with Gasteiger partial charge in [-0.1, -0.05) is 31.2 Å². The normalized spacial score (nSPS) is 16.6. The second-order valence-electron chi connectivity index (χ2n) is 7.47. The summed E-state index contributed by atoms with van der Waals surface area (Å²) in [4.78, 5) is 32.3. The maximum atomic E-state index is 13.1. The first-order valence-corrected chi connectivity index (χ1v) is 10.2. The van der Waals surface area contributed by atoms with Crippen molar-refractivity contribution in [2.45, 2.75) is 38.6 Å². The standard InChI is InChI=1S/C24H25N3O2/c1-2-20-12-3-4-15-27(20)24(29)19-10-5-9-18(16-19)23(28)26-21-13-6-8-17-11-7-14-25-22(17)21/h5-11,13-14,16,20H,2-4,12,15H2,1H3,(H,26,28). The lowest BCUT2D eigenvalue weighted by Gasteiger charge is -2.35.